The number of aromatic amines is 1. The van der Waals surface area contributed by atoms with Gasteiger partial charge < -0.3 is 9.80 Å². The largest absolute Gasteiger partial charge is 0.343 e. The fraction of sp³-hybridized carbons (Fsp3) is 0.462. The monoisotopic (exact) mass is 479 g/mol. The Bertz CT molecular complexity index is 1320. The predicted octanol–water partition coefficient (Wildman–Crippen LogP) is 3.17. The number of carbonyl (C=O) groups is 2. The number of benzene rings is 1. The number of fused-ring (bicyclic) bond motifs is 1. The summed E-state index contributed by atoms with van der Waals surface area (Å²) in [7, 11) is 3.14. The van der Waals surface area contributed by atoms with E-state index in [-0.39, 0.29) is 35.9 Å². The van der Waals surface area contributed by atoms with E-state index in [0.29, 0.717) is 5.69 Å². The van der Waals surface area contributed by atoms with E-state index in [1.807, 2.05) is 12.1 Å². The second-order valence-electron chi connectivity index (χ2n) is 9.98. The highest BCUT2D eigenvalue weighted by molar-refractivity contribution is 6.10. The van der Waals surface area contributed by atoms with Crippen LogP contribution in [0.3, 0.4) is 0 Å². The minimum atomic E-state index is -0.500. The van der Waals surface area contributed by atoms with Crippen LogP contribution in [-0.2, 0) is 6.42 Å². The van der Waals surface area contributed by atoms with Crippen molar-refractivity contribution in [3.05, 3.63) is 57.5 Å². The molecule has 0 spiro atoms. The molecule has 1 saturated heterocycles. The number of hydrogen-bond donors (Lipinski definition) is 1. The third-order valence-corrected chi connectivity index (χ3v) is 7.16. The molecule has 3 heterocycles. The second-order valence-corrected chi connectivity index (χ2v) is 9.98. The molecule has 2 aliphatic rings. The minimum absolute atomic E-state index is 0.00244. The van der Waals surface area contributed by atoms with E-state index in [2.05, 4.69) is 22.2 Å². The number of likely N-dealkylation sites (tertiary alicyclic amines) is 1. The van der Waals surface area contributed by atoms with Crippen molar-refractivity contribution < 1.29 is 14.0 Å². The van der Waals surface area contributed by atoms with Crippen molar-refractivity contribution in [2.45, 2.75) is 32.1 Å². The van der Waals surface area contributed by atoms with Crippen molar-refractivity contribution >= 4 is 17.5 Å². The van der Waals surface area contributed by atoms with Crippen molar-refractivity contribution in [3.8, 4) is 11.3 Å². The smallest absolute Gasteiger partial charge is 0.273 e. The van der Waals surface area contributed by atoms with Crippen LogP contribution in [-0.4, -0.2) is 70.1 Å². The Hall–Kier alpha value is -3.49. The Labute approximate surface area is 202 Å². The summed E-state index contributed by atoms with van der Waals surface area (Å²) < 4.78 is 14.1. The fourth-order valence-electron chi connectivity index (χ4n) is 5.12. The molecule has 35 heavy (non-hydrogen) atoms. The van der Waals surface area contributed by atoms with Crippen molar-refractivity contribution in [1.82, 2.24) is 24.4 Å². The zero-order valence-corrected chi connectivity index (χ0v) is 20.1. The fourth-order valence-corrected chi connectivity index (χ4v) is 5.12. The maximum absolute atomic E-state index is 13.3. The van der Waals surface area contributed by atoms with Gasteiger partial charge in [-0.2, -0.15) is 0 Å². The van der Waals surface area contributed by atoms with Crippen LogP contribution in [0.1, 0.15) is 52.1 Å². The van der Waals surface area contributed by atoms with E-state index in [4.69, 9.17) is 0 Å². The van der Waals surface area contributed by atoms with Crippen LogP contribution in [0.2, 0.25) is 0 Å². The minimum Gasteiger partial charge on any atom is -0.343 e. The lowest BCUT2D eigenvalue weighted by Crippen LogP contribution is -2.51. The first kappa shape index (κ1) is 23.3. The molecule has 2 fully saturated rings. The number of nitrogens with zero attached hydrogens (tertiary/aromatic N) is 4. The van der Waals surface area contributed by atoms with Crippen LogP contribution < -0.4 is 5.56 Å². The maximum Gasteiger partial charge on any atom is 0.273 e. The first-order valence-electron chi connectivity index (χ1n) is 12.2. The molecule has 184 valence electrons. The molecular formula is C26H30FN5O3. The highest BCUT2D eigenvalue weighted by Gasteiger charge is 2.36. The molecule has 0 atom stereocenters. The summed E-state index contributed by atoms with van der Waals surface area (Å²) in [6.07, 6.45) is 6.21. The van der Waals surface area contributed by atoms with Gasteiger partial charge in [0, 0.05) is 44.7 Å². The maximum atomic E-state index is 13.3. The highest BCUT2D eigenvalue weighted by Crippen LogP contribution is 2.29. The summed E-state index contributed by atoms with van der Waals surface area (Å²) in [5.74, 6) is -0.348. The van der Waals surface area contributed by atoms with Crippen LogP contribution >= 0.6 is 0 Å². The number of amides is 2. The summed E-state index contributed by atoms with van der Waals surface area (Å²) in [5, 5.41) is 2.78. The van der Waals surface area contributed by atoms with Gasteiger partial charge in [0.15, 0.2) is 5.65 Å². The van der Waals surface area contributed by atoms with Gasteiger partial charge in [-0.05, 0) is 17.9 Å². The molecule has 1 aromatic carbocycles. The average Bonchev–Trinajstić information content (AvgIpc) is 3.46. The lowest BCUT2D eigenvalue weighted by molar-refractivity contribution is 0.0450. The quantitative estimate of drug-likeness (QED) is 0.588. The van der Waals surface area contributed by atoms with Crippen molar-refractivity contribution in [2.75, 3.05) is 33.9 Å². The molecule has 1 aliphatic heterocycles. The zero-order valence-electron chi connectivity index (χ0n) is 20.1. The van der Waals surface area contributed by atoms with Gasteiger partial charge in [0.25, 0.3) is 17.4 Å². The number of carbonyl (C=O) groups excluding carboxylic acids is 2. The van der Waals surface area contributed by atoms with E-state index in [9.17, 15) is 18.8 Å². The first-order chi connectivity index (χ1) is 16.9. The Morgan fingerprint density at radius 3 is 2.43 bits per heavy atom. The SMILES string of the molecule is CN(C)C(=O)c1[nH]n2c(=O)cc(-c3ccc(CC4CCCC4)cc3)nc2c1C(=O)N1CC(CF)C1. The van der Waals surface area contributed by atoms with Gasteiger partial charge in [0.2, 0.25) is 0 Å². The molecule has 1 saturated carbocycles. The molecule has 1 N–H and O–H groups in total. The van der Waals surface area contributed by atoms with Crippen molar-refractivity contribution in [1.29, 1.82) is 0 Å². The van der Waals surface area contributed by atoms with Crippen LogP contribution in [0.15, 0.2) is 35.1 Å². The highest BCUT2D eigenvalue weighted by atomic mass is 19.1. The molecule has 0 bridgehead atoms. The summed E-state index contributed by atoms with van der Waals surface area (Å²) in [6.45, 7) is 0.0447. The Morgan fingerprint density at radius 1 is 1.11 bits per heavy atom. The standard InChI is InChI=1S/C26H30FN5O3/c1-30(2)26(35)23-22(25(34)31-14-18(13-27)15-31)24-28-20(12-21(33)32(24)29-23)19-9-7-17(8-10-19)11-16-5-3-4-6-16/h7-10,12,16,18,29H,3-6,11,13-15H2,1-2H3. The van der Waals surface area contributed by atoms with E-state index in [0.717, 1.165) is 22.4 Å². The van der Waals surface area contributed by atoms with Gasteiger partial charge in [0.05, 0.1) is 12.4 Å². The van der Waals surface area contributed by atoms with E-state index < -0.39 is 24.0 Å². The number of hydrogen-bond acceptors (Lipinski definition) is 4. The molecule has 3 aromatic rings. The third kappa shape index (κ3) is 4.35. The van der Waals surface area contributed by atoms with Gasteiger partial charge in [-0.3, -0.25) is 23.9 Å². The van der Waals surface area contributed by atoms with Gasteiger partial charge in [-0.15, -0.1) is 0 Å². The second kappa shape index (κ2) is 9.28. The lowest BCUT2D eigenvalue weighted by Gasteiger charge is -2.37. The molecule has 0 radical (unpaired) electrons. The number of alkyl halides is 1. The average molecular weight is 480 g/mol. The number of H-pyrrole nitrogens is 1. The summed E-state index contributed by atoms with van der Waals surface area (Å²) in [5.41, 5.74) is 2.18. The summed E-state index contributed by atoms with van der Waals surface area (Å²) in [4.78, 5) is 46.6. The van der Waals surface area contributed by atoms with Gasteiger partial charge in [-0.25, -0.2) is 9.50 Å². The number of nitrogens with one attached hydrogen (secondary N) is 1. The lowest BCUT2D eigenvalue weighted by atomic mass is 9.97. The number of aromatic nitrogens is 3. The number of halogens is 1. The Balaban J connectivity index is 1.54. The van der Waals surface area contributed by atoms with Crippen LogP contribution in [0, 0.1) is 11.8 Å². The number of rotatable bonds is 6. The van der Waals surface area contributed by atoms with Crippen molar-refractivity contribution in [3.63, 3.8) is 0 Å². The molecular weight excluding hydrogens is 449 g/mol. The molecule has 2 amide bonds. The topological polar surface area (TPSA) is 90.8 Å². The van der Waals surface area contributed by atoms with E-state index >= 15 is 0 Å². The Morgan fingerprint density at radius 2 is 1.80 bits per heavy atom. The van der Waals surface area contributed by atoms with Gasteiger partial charge in [-0.1, -0.05) is 49.9 Å². The van der Waals surface area contributed by atoms with E-state index in [1.54, 1.807) is 14.1 Å². The third-order valence-electron chi connectivity index (χ3n) is 7.16. The zero-order chi connectivity index (χ0) is 24.7. The molecule has 1 aliphatic carbocycles. The molecule has 8 nitrogen and oxygen atoms in total. The molecule has 9 heteroatoms. The first-order valence-corrected chi connectivity index (χ1v) is 12.2. The predicted molar refractivity (Wildman–Crippen MR) is 130 cm³/mol. The summed E-state index contributed by atoms with van der Waals surface area (Å²) >= 11 is 0. The molecule has 5 rings (SSSR count). The summed E-state index contributed by atoms with van der Waals surface area (Å²) in [6, 6.07) is 9.43. The Kier molecular flexibility index (Phi) is 6.17. The van der Waals surface area contributed by atoms with E-state index in [1.165, 1.54) is 47.1 Å². The van der Waals surface area contributed by atoms with Crippen LogP contribution in [0.4, 0.5) is 4.39 Å². The normalized spacial score (nSPS) is 16.6. The molecule has 0 unspecified atom stereocenters. The van der Waals surface area contributed by atoms with Crippen LogP contribution in [0.5, 0.6) is 0 Å². The van der Waals surface area contributed by atoms with Crippen LogP contribution in [0.25, 0.3) is 16.9 Å². The molecule has 2 aromatic heterocycles. The van der Waals surface area contributed by atoms with Gasteiger partial charge in [0.1, 0.15) is 11.3 Å². The van der Waals surface area contributed by atoms with Gasteiger partial charge >= 0.3 is 0 Å². The van der Waals surface area contributed by atoms with Crippen molar-refractivity contribution in [2.24, 2.45) is 11.8 Å².